The van der Waals surface area contributed by atoms with Gasteiger partial charge in [0.05, 0.1) is 10.0 Å². The van der Waals surface area contributed by atoms with Gasteiger partial charge < -0.3 is 5.11 Å². The van der Waals surface area contributed by atoms with Gasteiger partial charge in [-0.3, -0.25) is 0 Å². The van der Waals surface area contributed by atoms with E-state index in [1.54, 1.807) is 0 Å². The van der Waals surface area contributed by atoms with Gasteiger partial charge in [0, 0.05) is 12.6 Å². The molecule has 1 atom stereocenters. The average Bonchev–Trinajstić information content (AvgIpc) is 2.30. The average molecular weight is 340 g/mol. The largest absolute Gasteiger partial charge is 0.396 e. The molecule has 0 aliphatic carbocycles. The molecule has 7 heteroatoms. The molecule has 1 rings (SSSR count). The van der Waals surface area contributed by atoms with Gasteiger partial charge in [-0.2, -0.15) is 0 Å². The lowest BCUT2D eigenvalue weighted by molar-refractivity contribution is 0.214. The smallest absolute Gasteiger partial charge is 0.242 e. The highest BCUT2D eigenvalue weighted by Crippen LogP contribution is 2.30. The number of aliphatic hydroxyl groups excluding tert-OH is 1. The van der Waals surface area contributed by atoms with Crippen LogP contribution in [-0.2, 0) is 10.0 Å². The third kappa shape index (κ3) is 4.33. The molecule has 0 amide bonds. The first-order valence-corrected chi connectivity index (χ1v) is 8.40. The maximum absolute atomic E-state index is 12.4. The molecule has 1 aromatic rings. The number of nitrogens with one attached hydrogen (secondary N) is 1. The van der Waals surface area contributed by atoms with E-state index in [0.29, 0.717) is 6.42 Å². The SMILES string of the molecule is CC(C)(C)C(CCO)NS(=O)(=O)c1cccc(Cl)c1Cl. The first-order chi connectivity index (χ1) is 9.09. The van der Waals surface area contributed by atoms with Crippen LogP contribution in [0.25, 0.3) is 0 Å². The predicted octanol–water partition coefficient (Wildman–Crippen LogP) is 3.07. The van der Waals surface area contributed by atoms with Gasteiger partial charge in [-0.25, -0.2) is 13.1 Å². The number of aliphatic hydroxyl groups is 1. The molecule has 0 aromatic heterocycles. The number of benzene rings is 1. The Hall–Kier alpha value is -0.330. The van der Waals surface area contributed by atoms with Crippen molar-refractivity contribution in [2.75, 3.05) is 6.61 Å². The highest BCUT2D eigenvalue weighted by atomic mass is 35.5. The zero-order valence-corrected chi connectivity index (χ0v) is 14.0. The monoisotopic (exact) mass is 339 g/mol. The van der Waals surface area contributed by atoms with E-state index in [-0.39, 0.29) is 27.0 Å². The van der Waals surface area contributed by atoms with Crippen molar-refractivity contribution in [3.05, 3.63) is 28.2 Å². The van der Waals surface area contributed by atoms with Crippen molar-refractivity contribution >= 4 is 33.2 Å². The lowest BCUT2D eigenvalue weighted by Gasteiger charge is -2.31. The van der Waals surface area contributed by atoms with Crippen LogP contribution >= 0.6 is 23.2 Å². The second kappa shape index (κ2) is 6.62. The molecule has 0 fully saturated rings. The van der Waals surface area contributed by atoms with Crippen LogP contribution in [0.15, 0.2) is 23.1 Å². The summed E-state index contributed by atoms with van der Waals surface area (Å²) in [5.74, 6) is 0. The zero-order valence-electron chi connectivity index (χ0n) is 11.7. The number of rotatable bonds is 5. The Kier molecular flexibility index (Phi) is 5.87. The summed E-state index contributed by atoms with van der Waals surface area (Å²) in [5, 5.41) is 9.27. The second-order valence-electron chi connectivity index (χ2n) is 5.60. The van der Waals surface area contributed by atoms with E-state index < -0.39 is 16.1 Å². The zero-order chi connectivity index (χ0) is 15.6. The Morgan fingerprint density at radius 2 is 1.90 bits per heavy atom. The van der Waals surface area contributed by atoms with Gasteiger partial charge in [0.15, 0.2) is 0 Å². The predicted molar refractivity (Wildman–Crippen MR) is 81.7 cm³/mol. The molecule has 2 N–H and O–H groups in total. The minimum Gasteiger partial charge on any atom is -0.396 e. The summed E-state index contributed by atoms with van der Waals surface area (Å²) in [6.45, 7) is 5.59. The van der Waals surface area contributed by atoms with Crippen LogP contribution in [-0.4, -0.2) is 26.2 Å². The first-order valence-electron chi connectivity index (χ1n) is 6.17. The van der Waals surface area contributed by atoms with Crippen molar-refractivity contribution < 1.29 is 13.5 Å². The van der Waals surface area contributed by atoms with Crippen molar-refractivity contribution in [2.24, 2.45) is 5.41 Å². The molecule has 0 saturated heterocycles. The fraction of sp³-hybridized carbons (Fsp3) is 0.538. The molecule has 1 unspecified atom stereocenters. The molecule has 0 spiro atoms. The van der Waals surface area contributed by atoms with Gasteiger partial charge in [0.25, 0.3) is 0 Å². The third-order valence-electron chi connectivity index (χ3n) is 2.97. The molecular formula is C13H19Cl2NO3S. The Morgan fingerprint density at radius 1 is 1.30 bits per heavy atom. The molecule has 0 aliphatic rings. The highest BCUT2D eigenvalue weighted by Gasteiger charge is 2.30. The van der Waals surface area contributed by atoms with Crippen LogP contribution in [0.1, 0.15) is 27.2 Å². The Morgan fingerprint density at radius 3 is 2.40 bits per heavy atom. The quantitative estimate of drug-likeness (QED) is 0.866. The van der Waals surface area contributed by atoms with Crippen molar-refractivity contribution in [3.63, 3.8) is 0 Å². The summed E-state index contributed by atoms with van der Waals surface area (Å²) in [6, 6.07) is 4.04. The summed E-state index contributed by atoms with van der Waals surface area (Å²) in [5.41, 5.74) is -0.332. The molecule has 1 aromatic carbocycles. The van der Waals surface area contributed by atoms with Crippen LogP contribution in [0.4, 0.5) is 0 Å². The summed E-state index contributed by atoms with van der Waals surface area (Å²) in [6.07, 6.45) is 0.320. The second-order valence-corrected chi connectivity index (χ2v) is 8.07. The van der Waals surface area contributed by atoms with Crippen molar-refractivity contribution in [2.45, 2.75) is 38.1 Å². The molecule has 0 aliphatic heterocycles. The maximum atomic E-state index is 12.4. The van der Waals surface area contributed by atoms with Crippen LogP contribution in [0, 0.1) is 5.41 Å². The third-order valence-corrected chi connectivity index (χ3v) is 5.41. The normalized spacial score (nSPS) is 14.3. The summed E-state index contributed by atoms with van der Waals surface area (Å²) < 4.78 is 27.4. The fourth-order valence-corrected chi connectivity index (χ4v) is 3.98. The number of halogens is 2. The van der Waals surface area contributed by atoms with E-state index >= 15 is 0 Å². The number of sulfonamides is 1. The molecular weight excluding hydrogens is 321 g/mol. The molecule has 0 radical (unpaired) electrons. The van der Waals surface area contributed by atoms with Crippen molar-refractivity contribution in [1.29, 1.82) is 0 Å². The Balaban J connectivity index is 3.14. The van der Waals surface area contributed by atoms with Crippen molar-refractivity contribution in [3.8, 4) is 0 Å². The van der Waals surface area contributed by atoms with E-state index in [4.69, 9.17) is 28.3 Å². The summed E-state index contributed by atoms with van der Waals surface area (Å²) in [4.78, 5) is -0.0566. The van der Waals surface area contributed by atoms with Gasteiger partial charge in [-0.1, -0.05) is 50.0 Å². The molecule has 114 valence electrons. The minimum absolute atomic E-state index is 0.00155. The van der Waals surface area contributed by atoms with E-state index in [1.807, 2.05) is 20.8 Å². The van der Waals surface area contributed by atoms with E-state index in [0.717, 1.165) is 0 Å². The van der Waals surface area contributed by atoms with Gasteiger partial charge in [0.2, 0.25) is 10.0 Å². The van der Waals surface area contributed by atoms with Gasteiger partial charge >= 0.3 is 0 Å². The molecule has 0 heterocycles. The standard InChI is InChI=1S/C13H19Cl2NO3S/c1-13(2,3)11(7-8-17)16-20(18,19)10-6-4-5-9(14)12(10)15/h4-6,11,16-17H,7-8H2,1-3H3. The van der Waals surface area contributed by atoms with E-state index in [9.17, 15) is 8.42 Å². The van der Waals surface area contributed by atoms with Crippen molar-refractivity contribution in [1.82, 2.24) is 4.72 Å². The van der Waals surface area contributed by atoms with Crippen LogP contribution < -0.4 is 4.72 Å². The molecule has 20 heavy (non-hydrogen) atoms. The lowest BCUT2D eigenvalue weighted by Crippen LogP contribution is -2.44. The maximum Gasteiger partial charge on any atom is 0.242 e. The van der Waals surface area contributed by atoms with Gasteiger partial charge in [-0.15, -0.1) is 0 Å². The lowest BCUT2D eigenvalue weighted by atomic mass is 9.86. The van der Waals surface area contributed by atoms with Crippen LogP contribution in [0.2, 0.25) is 10.0 Å². The van der Waals surface area contributed by atoms with E-state index in [1.165, 1.54) is 18.2 Å². The fourth-order valence-electron chi connectivity index (χ4n) is 1.74. The minimum atomic E-state index is -3.80. The molecule has 4 nitrogen and oxygen atoms in total. The molecule has 0 saturated carbocycles. The van der Waals surface area contributed by atoms with Crippen LogP contribution in [0.5, 0.6) is 0 Å². The topological polar surface area (TPSA) is 66.4 Å². The highest BCUT2D eigenvalue weighted by molar-refractivity contribution is 7.89. The van der Waals surface area contributed by atoms with Gasteiger partial charge in [-0.05, 0) is 24.0 Å². The van der Waals surface area contributed by atoms with Crippen LogP contribution in [0.3, 0.4) is 0 Å². The Bertz CT molecular complexity index is 567. The first kappa shape index (κ1) is 17.7. The van der Waals surface area contributed by atoms with E-state index in [2.05, 4.69) is 4.72 Å². The molecule has 0 bridgehead atoms. The summed E-state index contributed by atoms with van der Waals surface area (Å²) >= 11 is 11.8. The Labute approximate surface area is 130 Å². The summed E-state index contributed by atoms with van der Waals surface area (Å²) in [7, 11) is -3.80. The number of hydrogen-bond donors (Lipinski definition) is 2. The number of hydrogen-bond acceptors (Lipinski definition) is 3. The van der Waals surface area contributed by atoms with Gasteiger partial charge in [0.1, 0.15) is 4.90 Å².